The van der Waals surface area contributed by atoms with E-state index in [1.807, 2.05) is 37.3 Å². The molecule has 3 aromatic rings. The molecule has 2 N–H and O–H groups in total. The van der Waals surface area contributed by atoms with Crippen molar-refractivity contribution in [3.8, 4) is 11.1 Å². The third-order valence-corrected chi connectivity index (χ3v) is 7.48. The lowest BCUT2D eigenvalue weighted by Gasteiger charge is -2.33. The van der Waals surface area contributed by atoms with Crippen molar-refractivity contribution in [1.82, 2.24) is 5.32 Å². The van der Waals surface area contributed by atoms with Crippen molar-refractivity contribution in [1.29, 1.82) is 0 Å². The van der Waals surface area contributed by atoms with Crippen molar-refractivity contribution in [3.63, 3.8) is 0 Å². The van der Waals surface area contributed by atoms with Gasteiger partial charge in [0, 0.05) is 43.0 Å². The number of nitrogens with zero attached hydrogens (tertiary/aromatic N) is 1. The van der Waals surface area contributed by atoms with Crippen LogP contribution in [-0.2, 0) is 20.5 Å². The summed E-state index contributed by atoms with van der Waals surface area (Å²) < 4.78 is 43.7. The Labute approximate surface area is 243 Å². The molecule has 0 unspecified atom stereocenters. The Bertz CT molecular complexity index is 1400. The van der Waals surface area contributed by atoms with E-state index >= 15 is 0 Å². The van der Waals surface area contributed by atoms with E-state index in [1.165, 1.54) is 19.2 Å². The molecule has 4 rings (SSSR count). The number of amides is 2. The van der Waals surface area contributed by atoms with Crippen molar-refractivity contribution in [2.45, 2.75) is 38.8 Å². The van der Waals surface area contributed by atoms with Crippen molar-refractivity contribution in [2.75, 3.05) is 37.0 Å². The molecule has 1 aliphatic heterocycles. The zero-order valence-corrected chi connectivity index (χ0v) is 23.6. The fourth-order valence-electron chi connectivity index (χ4n) is 5.16. The molecule has 7 nitrogen and oxygen atoms in total. The van der Waals surface area contributed by atoms with Crippen LogP contribution in [0.5, 0.6) is 0 Å². The minimum Gasteiger partial charge on any atom is -0.469 e. The standard InChI is InChI=1S/C32H34F3N3O4/c1-21-4-3-5-27(30(21)23-6-8-24(9-7-23)32(33,34)35)31(41)37-25-10-12-26(13-11-25)38-18-15-22(16-19-38)20-28(39)36-17-14-29(40)42-2/h3-13,22H,14-20H2,1-2H3,(H,36,39)(H,37,41). The highest BCUT2D eigenvalue weighted by Gasteiger charge is 2.30. The van der Waals surface area contributed by atoms with Crippen LogP contribution < -0.4 is 15.5 Å². The molecule has 3 aromatic carbocycles. The molecule has 1 aliphatic rings. The van der Waals surface area contributed by atoms with Gasteiger partial charge in [0.05, 0.1) is 19.1 Å². The van der Waals surface area contributed by atoms with Gasteiger partial charge >= 0.3 is 12.1 Å². The van der Waals surface area contributed by atoms with Gasteiger partial charge in [-0.1, -0.05) is 24.3 Å². The molecule has 0 spiro atoms. The number of anilines is 2. The van der Waals surface area contributed by atoms with Crippen molar-refractivity contribution >= 4 is 29.2 Å². The maximum atomic E-state index is 13.3. The minimum atomic E-state index is -4.43. The van der Waals surface area contributed by atoms with Gasteiger partial charge in [0.1, 0.15) is 0 Å². The molecule has 1 heterocycles. The number of piperidine rings is 1. The van der Waals surface area contributed by atoms with Crippen LogP contribution in [0.2, 0.25) is 0 Å². The van der Waals surface area contributed by atoms with E-state index in [2.05, 4.69) is 20.3 Å². The average molecular weight is 582 g/mol. The van der Waals surface area contributed by atoms with E-state index in [4.69, 9.17) is 0 Å². The Morgan fingerprint density at radius 1 is 0.952 bits per heavy atom. The number of methoxy groups -OCH3 is 1. The second kappa shape index (κ2) is 13.5. The third kappa shape index (κ3) is 7.90. The molecule has 1 fully saturated rings. The van der Waals surface area contributed by atoms with Gasteiger partial charge in [0.25, 0.3) is 5.91 Å². The monoisotopic (exact) mass is 581 g/mol. The highest BCUT2D eigenvalue weighted by Crippen LogP contribution is 2.33. The Morgan fingerprint density at radius 2 is 1.62 bits per heavy atom. The summed E-state index contributed by atoms with van der Waals surface area (Å²) in [5, 5.41) is 5.67. The lowest BCUT2D eigenvalue weighted by Crippen LogP contribution is -2.36. The summed E-state index contributed by atoms with van der Waals surface area (Å²) in [6, 6.07) is 17.5. The second-order valence-corrected chi connectivity index (χ2v) is 10.4. The Kier molecular flexibility index (Phi) is 9.88. The molecule has 222 valence electrons. The molecule has 1 saturated heterocycles. The van der Waals surface area contributed by atoms with Crippen LogP contribution in [0.25, 0.3) is 11.1 Å². The lowest BCUT2D eigenvalue weighted by molar-refractivity contribution is -0.140. The van der Waals surface area contributed by atoms with Gasteiger partial charge in [-0.3, -0.25) is 14.4 Å². The average Bonchev–Trinajstić information content (AvgIpc) is 2.97. The number of hydrogen-bond acceptors (Lipinski definition) is 5. The predicted molar refractivity (Wildman–Crippen MR) is 155 cm³/mol. The van der Waals surface area contributed by atoms with E-state index in [-0.39, 0.29) is 36.7 Å². The summed E-state index contributed by atoms with van der Waals surface area (Å²) in [6.07, 6.45) is -2.13. The highest BCUT2D eigenvalue weighted by molar-refractivity contribution is 6.09. The lowest BCUT2D eigenvalue weighted by atomic mass is 9.93. The third-order valence-electron chi connectivity index (χ3n) is 7.48. The summed E-state index contributed by atoms with van der Waals surface area (Å²) in [6.45, 7) is 3.68. The smallest absolute Gasteiger partial charge is 0.416 e. The molecule has 10 heteroatoms. The molecule has 0 aliphatic carbocycles. The number of carbonyl (C=O) groups excluding carboxylic acids is 3. The Balaban J connectivity index is 1.33. The minimum absolute atomic E-state index is 0.0625. The second-order valence-electron chi connectivity index (χ2n) is 10.4. The highest BCUT2D eigenvalue weighted by atomic mass is 19.4. The van der Waals surface area contributed by atoms with Gasteiger partial charge in [-0.15, -0.1) is 0 Å². The molecule has 0 atom stereocenters. The van der Waals surface area contributed by atoms with E-state index in [9.17, 15) is 27.6 Å². The van der Waals surface area contributed by atoms with Gasteiger partial charge in [0.2, 0.25) is 5.91 Å². The van der Waals surface area contributed by atoms with Crippen molar-refractivity contribution in [3.05, 3.63) is 83.4 Å². The van der Waals surface area contributed by atoms with Crippen LogP contribution in [-0.4, -0.2) is 44.5 Å². The van der Waals surface area contributed by atoms with Gasteiger partial charge < -0.3 is 20.3 Å². The number of nitrogens with one attached hydrogen (secondary N) is 2. The van der Waals surface area contributed by atoms with Gasteiger partial charge in [0.15, 0.2) is 0 Å². The summed E-state index contributed by atoms with van der Waals surface area (Å²) in [4.78, 5) is 38.8. The predicted octanol–water partition coefficient (Wildman–Crippen LogP) is 6.22. The zero-order chi connectivity index (χ0) is 30.3. The van der Waals surface area contributed by atoms with Crippen LogP contribution in [0.4, 0.5) is 24.5 Å². The number of rotatable bonds is 9. The van der Waals surface area contributed by atoms with E-state index in [0.29, 0.717) is 28.8 Å². The first-order valence-corrected chi connectivity index (χ1v) is 13.8. The van der Waals surface area contributed by atoms with Crippen LogP contribution in [0, 0.1) is 12.8 Å². The molecule has 2 amide bonds. The number of hydrogen-bond donors (Lipinski definition) is 2. The van der Waals surface area contributed by atoms with Gasteiger partial charge in [-0.05, 0) is 84.8 Å². The first kappa shape index (κ1) is 30.6. The number of esters is 1. The maximum Gasteiger partial charge on any atom is 0.416 e. The topological polar surface area (TPSA) is 87.7 Å². The Morgan fingerprint density at radius 3 is 2.24 bits per heavy atom. The normalized spacial score (nSPS) is 13.9. The molecule has 42 heavy (non-hydrogen) atoms. The Hall–Kier alpha value is -4.34. The molecule has 0 radical (unpaired) electrons. The zero-order valence-electron chi connectivity index (χ0n) is 23.6. The van der Waals surface area contributed by atoms with Crippen LogP contribution >= 0.6 is 0 Å². The first-order valence-electron chi connectivity index (χ1n) is 13.8. The maximum absolute atomic E-state index is 13.3. The van der Waals surface area contributed by atoms with E-state index in [1.54, 1.807) is 12.1 Å². The van der Waals surface area contributed by atoms with Crippen LogP contribution in [0.15, 0.2) is 66.7 Å². The number of ether oxygens (including phenoxy) is 1. The summed E-state index contributed by atoms with van der Waals surface area (Å²) >= 11 is 0. The molecular formula is C32H34F3N3O4. The molecule has 0 bridgehead atoms. The fraction of sp³-hybridized carbons (Fsp3) is 0.344. The van der Waals surface area contributed by atoms with Gasteiger partial charge in [-0.2, -0.15) is 13.2 Å². The number of benzene rings is 3. The molecular weight excluding hydrogens is 547 g/mol. The van der Waals surface area contributed by atoms with Crippen LogP contribution in [0.3, 0.4) is 0 Å². The van der Waals surface area contributed by atoms with E-state index in [0.717, 1.165) is 49.3 Å². The first-order chi connectivity index (χ1) is 20.0. The van der Waals surface area contributed by atoms with Gasteiger partial charge in [-0.25, -0.2) is 0 Å². The number of halogens is 3. The van der Waals surface area contributed by atoms with Crippen molar-refractivity contribution < 1.29 is 32.3 Å². The fourth-order valence-corrected chi connectivity index (χ4v) is 5.16. The van der Waals surface area contributed by atoms with Crippen LogP contribution in [0.1, 0.15) is 47.2 Å². The number of aryl methyl sites for hydroxylation is 1. The van der Waals surface area contributed by atoms with E-state index < -0.39 is 11.7 Å². The number of carbonyl (C=O) groups is 3. The SMILES string of the molecule is COC(=O)CCNC(=O)CC1CCN(c2ccc(NC(=O)c3cccc(C)c3-c3ccc(C(F)(F)F)cc3)cc2)CC1. The number of alkyl halides is 3. The molecule has 0 saturated carbocycles. The molecule has 0 aromatic heterocycles. The largest absolute Gasteiger partial charge is 0.469 e. The summed E-state index contributed by atoms with van der Waals surface area (Å²) in [5.41, 5.74) is 3.13. The quantitative estimate of drug-likeness (QED) is 0.293. The summed E-state index contributed by atoms with van der Waals surface area (Å²) in [5.74, 6) is -0.502. The van der Waals surface area contributed by atoms with Crippen molar-refractivity contribution in [2.24, 2.45) is 5.92 Å². The summed E-state index contributed by atoms with van der Waals surface area (Å²) in [7, 11) is 1.32.